The molecular weight excluding hydrogens is 502 g/mol. The van der Waals surface area contributed by atoms with Gasteiger partial charge in [0, 0.05) is 31.2 Å². The summed E-state index contributed by atoms with van der Waals surface area (Å²) in [6, 6.07) is 3.43. The third kappa shape index (κ3) is 5.20. The highest BCUT2D eigenvalue weighted by Crippen LogP contribution is 2.46. The number of nitrogens with zero attached hydrogens (tertiary/aromatic N) is 5. The number of aromatic nitrogens is 2. The number of thiophene rings is 1. The molecule has 0 unspecified atom stereocenters. The van der Waals surface area contributed by atoms with Crippen LogP contribution in [-0.4, -0.2) is 77.0 Å². The van der Waals surface area contributed by atoms with Crippen LogP contribution in [-0.2, 0) is 10.3 Å². The van der Waals surface area contributed by atoms with E-state index in [1.54, 1.807) is 31.5 Å². The van der Waals surface area contributed by atoms with E-state index in [2.05, 4.69) is 25.0 Å². The van der Waals surface area contributed by atoms with Gasteiger partial charge in [-0.2, -0.15) is 17.6 Å². The molecule has 0 spiro atoms. The second-order valence-corrected chi connectivity index (χ2v) is 9.87. The fourth-order valence-corrected chi connectivity index (χ4v) is 5.46. The molecule has 0 saturated carbocycles. The van der Waals surface area contributed by atoms with Crippen molar-refractivity contribution in [3.05, 3.63) is 41.0 Å². The number of carbonyl (C=O) groups is 1. The molecule has 0 aliphatic carbocycles. The largest absolute Gasteiger partial charge is 0.404 e. The summed E-state index contributed by atoms with van der Waals surface area (Å²) in [4.78, 5) is 29.9. The molecular formula is C22H25F4N7O2S. The van der Waals surface area contributed by atoms with Crippen molar-refractivity contribution < 1.29 is 27.1 Å². The number of aliphatic imine (C=N–C) groups is 1. The van der Waals surface area contributed by atoms with Crippen molar-refractivity contribution in [1.82, 2.24) is 19.8 Å². The van der Waals surface area contributed by atoms with Gasteiger partial charge in [0.05, 0.1) is 34.8 Å². The molecule has 14 heteroatoms. The quantitative estimate of drug-likeness (QED) is 0.337. The number of hydrogen-bond donors (Lipinski definition) is 2. The Morgan fingerprint density at radius 1 is 1.28 bits per heavy atom. The molecule has 4 heterocycles. The van der Waals surface area contributed by atoms with Gasteiger partial charge >= 0.3 is 12.2 Å². The molecule has 194 valence electrons. The molecule has 1 fully saturated rings. The molecule has 36 heavy (non-hydrogen) atoms. The van der Waals surface area contributed by atoms with E-state index in [0.29, 0.717) is 23.0 Å². The van der Waals surface area contributed by atoms with Gasteiger partial charge in [0.15, 0.2) is 0 Å². The maximum Gasteiger partial charge on any atom is 0.372 e. The standard InChI is InChI=1S/C22H25F4N7O2S/c1-20(2)17-13(18(34)33(20)9-8-32-11-21(23,24)35-22(25,26)12-32)10-15(36-17)14-5-7-29-19(30-14)31-16(28-3)4-6-27/h4-7,10H,8-9,11-12,27H2,1-3H3,(H,28,29,30,31). The molecule has 2 aliphatic rings. The van der Waals surface area contributed by atoms with Crippen molar-refractivity contribution in [2.45, 2.75) is 31.6 Å². The number of halogens is 4. The van der Waals surface area contributed by atoms with Crippen LogP contribution < -0.4 is 11.1 Å². The van der Waals surface area contributed by atoms with Crippen LogP contribution in [0.1, 0.15) is 29.1 Å². The fraction of sp³-hybridized carbons (Fsp3) is 0.455. The summed E-state index contributed by atoms with van der Waals surface area (Å²) in [5.41, 5.74) is 5.69. The van der Waals surface area contributed by atoms with Gasteiger partial charge in [0.2, 0.25) is 5.95 Å². The van der Waals surface area contributed by atoms with E-state index in [0.717, 1.165) is 14.7 Å². The molecule has 9 nitrogen and oxygen atoms in total. The van der Waals surface area contributed by atoms with Crippen LogP contribution in [0.5, 0.6) is 0 Å². The van der Waals surface area contributed by atoms with E-state index in [-0.39, 0.29) is 19.0 Å². The number of anilines is 1. The smallest absolute Gasteiger partial charge is 0.372 e. The molecule has 2 aromatic heterocycles. The molecule has 2 aromatic rings. The lowest BCUT2D eigenvalue weighted by Gasteiger charge is -2.39. The highest BCUT2D eigenvalue weighted by atomic mass is 32.1. The summed E-state index contributed by atoms with van der Waals surface area (Å²) in [6.07, 6.45) is -3.46. The van der Waals surface area contributed by atoms with E-state index >= 15 is 0 Å². The number of amidine groups is 1. The van der Waals surface area contributed by atoms with Crippen LogP contribution in [0.2, 0.25) is 0 Å². The monoisotopic (exact) mass is 527 g/mol. The van der Waals surface area contributed by atoms with Gasteiger partial charge in [0.1, 0.15) is 5.84 Å². The summed E-state index contributed by atoms with van der Waals surface area (Å²) in [6.45, 7) is 1.58. The number of fused-ring (bicyclic) bond motifs is 1. The molecule has 3 N–H and O–H groups in total. The Morgan fingerprint density at radius 2 is 1.97 bits per heavy atom. The van der Waals surface area contributed by atoms with Gasteiger partial charge in [-0.25, -0.2) is 9.97 Å². The van der Waals surface area contributed by atoms with Gasteiger partial charge in [-0.1, -0.05) is 0 Å². The van der Waals surface area contributed by atoms with E-state index in [4.69, 9.17) is 5.73 Å². The number of hydrogen-bond acceptors (Lipinski definition) is 8. The highest BCUT2D eigenvalue weighted by molar-refractivity contribution is 7.16. The van der Waals surface area contributed by atoms with Gasteiger partial charge < -0.3 is 16.0 Å². The third-order valence-electron chi connectivity index (χ3n) is 5.83. The zero-order valence-electron chi connectivity index (χ0n) is 19.8. The molecule has 0 atom stereocenters. The van der Waals surface area contributed by atoms with Gasteiger partial charge in [-0.15, -0.1) is 11.3 Å². The normalized spacial score (nSPS) is 21.2. The number of carbonyl (C=O) groups excluding carboxylic acids is 1. The topological polar surface area (TPSA) is 109 Å². The van der Waals surface area contributed by atoms with Crippen molar-refractivity contribution >= 4 is 29.0 Å². The van der Waals surface area contributed by atoms with Crippen molar-refractivity contribution in [3.8, 4) is 10.6 Å². The van der Waals surface area contributed by atoms with Crippen LogP contribution in [0.15, 0.2) is 35.6 Å². The fourth-order valence-electron chi connectivity index (χ4n) is 4.23. The molecule has 4 rings (SSSR count). The second kappa shape index (κ2) is 9.41. The molecule has 1 saturated heterocycles. The first-order valence-corrected chi connectivity index (χ1v) is 11.8. The minimum atomic E-state index is -3.96. The molecule has 1 amide bonds. The van der Waals surface area contributed by atoms with Gasteiger partial charge in [0.25, 0.3) is 5.91 Å². The SMILES string of the molecule is CN=C(C=CN)Nc1nccc(-c2cc3c(s2)C(C)(C)N(CCN2CC(F)(F)OC(F)(F)C2)C3=O)n1. The lowest BCUT2D eigenvalue weighted by molar-refractivity contribution is -0.405. The first-order valence-electron chi connectivity index (χ1n) is 11.0. The number of nitrogens with one attached hydrogen (secondary N) is 1. The minimum Gasteiger partial charge on any atom is -0.404 e. The first-order chi connectivity index (χ1) is 16.8. The average molecular weight is 528 g/mol. The van der Waals surface area contributed by atoms with Crippen molar-refractivity contribution in [2.75, 3.05) is 38.5 Å². The van der Waals surface area contributed by atoms with Crippen LogP contribution in [0, 0.1) is 0 Å². The Morgan fingerprint density at radius 3 is 2.58 bits per heavy atom. The molecule has 0 radical (unpaired) electrons. The number of alkyl halides is 4. The Balaban J connectivity index is 1.51. The lowest BCUT2D eigenvalue weighted by Crippen LogP contribution is -2.56. The van der Waals surface area contributed by atoms with Crippen LogP contribution in [0.3, 0.4) is 0 Å². The Kier molecular flexibility index (Phi) is 6.79. The molecule has 0 aromatic carbocycles. The predicted octanol–water partition coefficient (Wildman–Crippen LogP) is 3.33. The summed E-state index contributed by atoms with van der Waals surface area (Å²) in [5, 5.41) is 2.95. The van der Waals surface area contributed by atoms with Crippen LogP contribution in [0.4, 0.5) is 23.5 Å². The number of nitrogens with two attached hydrogens (primary N) is 1. The first kappa shape index (κ1) is 26.0. The minimum absolute atomic E-state index is 0.00406. The molecule has 0 bridgehead atoms. The van der Waals surface area contributed by atoms with Crippen LogP contribution >= 0.6 is 11.3 Å². The summed E-state index contributed by atoms with van der Waals surface area (Å²) >= 11 is 1.38. The van der Waals surface area contributed by atoms with Crippen molar-refractivity contribution in [1.29, 1.82) is 0 Å². The van der Waals surface area contributed by atoms with Gasteiger partial charge in [-0.05, 0) is 38.3 Å². The zero-order chi connectivity index (χ0) is 26.3. The Labute approximate surface area is 208 Å². The number of amides is 1. The van der Waals surface area contributed by atoms with Crippen molar-refractivity contribution in [2.24, 2.45) is 10.7 Å². The lowest BCUT2D eigenvalue weighted by atomic mass is 10.0. The number of morpholine rings is 1. The van der Waals surface area contributed by atoms with E-state index in [1.165, 1.54) is 22.4 Å². The maximum atomic E-state index is 13.6. The average Bonchev–Trinajstić information content (AvgIpc) is 3.29. The zero-order valence-corrected chi connectivity index (χ0v) is 20.6. The van der Waals surface area contributed by atoms with E-state index < -0.39 is 30.8 Å². The molecule has 2 aliphatic heterocycles. The Hall–Kier alpha value is -3.10. The van der Waals surface area contributed by atoms with Crippen molar-refractivity contribution in [3.63, 3.8) is 0 Å². The summed E-state index contributed by atoms with van der Waals surface area (Å²) < 4.78 is 57.8. The predicted molar refractivity (Wildman–Crippen MR) is 127 cm³/mol. The van der Waals surface area contributed by atoms with Gasteiger partial charge in [-0.3, -0.25) is 19.4 Å². The second-order valence-electron chi connectivity index (χ2n) is 8.82. The van der Waals surface area contributed by atoms with Crippen LogP contribution in [0.25, 0.3) is 10.6 Å². The van der Waals surface area contributed by atoms with E-state index in [1.807, 2.05) is 13.8 Å². The number of ether oxygens (including phenoxy) is 1. The highest BCUT2D eigenvalue weighted by Gasteiger charge is 2.52. The summed E-state index contributed by atoms with van der Waals surface area (Å²) in [5.74, 6) is 0.460. The maximum absolute atomic E-state index is 13.6. The Bertz CT molecular complexity index is 1200. The third-order valence-corrected chi connectivity index (χ3v) is 7.31. The van der Waals surface area contributed by atoms with E-state index in [9.17, 15) is 22.4 Å². The number of rotatable bonds is 6. The summed E-state index contributed by atoms with van der Waals surface area (Å²) in [7, 11) is 1.59.